The largest absolute Gasteiger partial charge is 0.478 e. The van der Waals surface area contributed by atoms with Gasteiger partial charge in [0, 0.05) is 17.8 Å². The Bertz CT molecular complexity index is 915. The molecule has 2 aromatic rings. The Labute approximate surface area is 151 Å². The smallest absolute Gasteiger partial charge is 0.422 e. The molecule has 2 aromatic carbocycles. The zero-order valence-electron chi connectivity index (χ0n) is 13.3. The van der Waals surface area contributed by atoms with Gasteiger partial charge in [-0.1, -0.05) is 0 Å². The number of hydrogen-bond acceptors (Lipinski definition) is 4. The number of halogens is 7. The van der Waals surface area contributed by atoms with Crippen molar-refractivity contribution in [3.63, 3.8) is 0 Å². The van der Waals surface area contributed by atoms with E-state index in [0.717, 1.165) is 18.2 Å². The van der Waals surface area contributed by atoms with Gasteiger partial charge in [0.1, 0.15) is 16.9 Å². The normalized spacial score (nSPS) is 11.2. The summed E-state index contributed by atoms with van der Waals surface area (Å²) in [6.07, 6.45) is -5.66. The first kappa shape index (κ1) is 21.0. The molecule has 2 rings (SSSR count). The predicted molar refractivity (Wildman–Crippen MR) is 78.7 cm³/mol. The number of ether oxygens (including phenoxy) is 1. The van der Waals surface area contributed by atoms with Crippen molar-refractivity contribution in [2.75, 3.05) is 5.32 Å². The molecule has 0 aliphatic rings. The molecule has 0 unspecified atom stereocenters. The van der Waals surface area contributed by atoms with Crippen LogP contribution in [-0.4, -0.2) is 17.5 Å². The summed E-state index contributed by atoms with van der Waals surface area (Å²) in [5, 5.41) is 11.2. The summed E-state index contributed by atoms with van der Waals surface area (Å²) in [7, 11) is 0. The minimum Gasteiger partial charge on any atom is -0.478 e. The highest BCUT2D eigenvalue weighted by Gasteiger charge is 2.42. The summed E-state index contributed by atoms with van der Waals surface area (Å²) < 4.78 is 96.9. The van der Waals surface area contributed by atoms with Gasteiger partial charge in [0.2, 0.25) is 0 Å². The van der Waals surface area contributed by atoms with E-state index in [2.05, 4.69) is 10.1 Å². The van der Waals surface area contributed by atoms with Crippen LogP contribution < -0.4 is 10.1 Å². The second-order valence-electron chi connectivity index (χ2n) is 5.19. The Morgan fingerprint density at radius 3 is 2.11 bits per heavy atom. The minimum absolute atomic E-state index is 0.0482. The molecular formula is C16H8F7NO4. The van der Waals surface area contributed by atoms with Gasteiger partial charge >= 0.3 is 12.1 Å². The average molecular weight is 411 g/mol. The maximum atomic E-state index is 13.8. The zero-order valence-corrected chi connectivity index (χ0v) is 13.3. The number of carbonyl (C=O) groups is 2. The highest BCUT2D eigenvalue weighted by molar-refractivity contribution is 5.92. The molecule has 2 N–H and O–H groups in total. The Morgan fingerprint density at radius 2 is 1.64 bits per heavy atom. The lowest BCUT2D eigenvalue weighted by molar-refractivity contribution is -0.143. The highest BCUT2D eigenvalue weighted by Crippen LogP contribution is 2.37. The van der Waals surface area contributed by atoms with E-state index in [9.17, 15) is 40.3 Å². The third-order valence-corrected chi connectivity index (χ3v) is 3.49. The van der Waals surface area contributed by atoms with E-state index in [4.69, 9.17) is 5.11 Å². The quantitative estimate of drug-likeness (QED) is 0.425. The third kappa shape index (κ3) is 4.00. The number of carboxylic acid groups (broad SMARTS) is 1. The molecule has 0 saturated carbocycles. The monoisotopic (exact) mass is 411 g/mol. The second kappa shape index (κ2) is 7.74. The van der Waals surface area contributed by atoms with Gasteiger partial charge < -0.3 is 15.2 Å². The molecule has 0 aliphatic carbocycles. The molecule has 0 amide bonds. The molecule has 12 heteroatoms. The molecule has 5 nitrogen and oxygen atoms in total. The van der Waals surface area contributed by atoms with E-state index in [1.807, 2.05) is 0 Å². The minimum atomic E-state index is -5.66. The van der Waals surface area contributed by atoms with Gasteiger partial charge in [-0.15, -0.1) is 0 Å². The van der Waals surface area contributed by atoms with Gasteiger partial charge in [0.25, 0.3) is 6.47 Å². The van der Waals surface area contributed by atoms with E-state index < -0.39 is 58.6 Å². The lowest BCUT2D eigenvalue weighted by Crippen LogP contribution is -2.18. The number of benzene rings is 2. The molecule has 0 radical (unpaired) electrons. The number of rotatable bonds is 6. The van der Waals surface area contributed by atoms with Crippen LogP contribution in [0.1, 0.15) is 21.5 Å². The first-order valence-corrected chi connectivity index (χ1v) is 7.12. The number of alkyl halides is 3. The van der Waals surface area contributed by atoms with E-state index in [1.165, 1.54) is 0 Å². The molecule has 0 aliphatic heterocycles. The summed E-state index contributed by atoms with van der Waals surface area (Å²) >= 11 is 0. The molecule has 0 aromatic heterocycles. The van der Waals surface area contributed by atoms with Crippen LogP contribution in [0.5, 0.6) is 5.75 Å². The first-order valence-electron chi connectivity index (χ1n) is 7.12. The fraction of sp³-hybridized carbons (Fsp3) is 0.125. The number of anilines is 1. The van der Waals surface area contributed by atoms with E-state index >= 15 is 0 Å². The van der Waals surface area contributed by atoms with Crippen molar-refractivity contribution < 1.29 is 50.2 Å². The molecule has 0 heterocycles. The molecule has 0 saturated heterocycles. The average Bonchev–Trinajstić information content (AvgIpc) is 2.60. The van der Waals surface area contributed by atoms with Crippen molar-refractivity contribution in [3.05, 3.63) is 58.2 Å². The number of carboxylic acids is 1. The number of nitrogens with one attached hydrogen (secondary N) is 1. The van der Waals surface area contributed by atoms with Crippen LogP contribution in [0, 0.1) is 23.3 Å². The maximum absolute atomic E-state index is 13.8. The molecule has 0 spiro atoms. The molecule has 0 bridgehead atoms. The Morgan fingerprint density at radius 1 is 1.07 bits per heavy atom. The zero-order chi connectivity index (χ0) is 21.2. The number of carbonyl (C=O) groups excluding carboxylic acids is 1. The van der Waals surface area contributed by atoms with Crippen LogP contribution >= 0.6 is 0 Å². The molecule has 28 heavy (non-hydrogen) atoms. The van der Waals surface area contributed by atoms with Crippen LogP contribution in [0.25, 0.3) is 0 Å². The lowest BCUT2D eigenvalue weighted by atomic mass is 10.1. The van der Waals surface area contributed by atoms with Gasteiger partial charge in [-0.05, 0) is 18.2 Å². The van der Waals surface area contributed by atoms with Crippen molar-refractivity contribution in [2.24, 2.45) is 0 Å². The van der Waals surface area contributed by atoms with Crippen LogP contribution in [0.3, 0.4) is 0 Å². The number of aromatic carboxylic acids is 1. The van der Waals surface area contributed by atoms with Crippen molar-refractivity contribution >= 4 is 18.1 Å². The fourth-order valence-electron chi connectivity index (χ4n) is 2.23. The van der Waals surface area contributed by atoms with Gasteiger partial charge in [-0.2, -0.15) is 13.2 Å². The fourth-order valence-corrected chi connectivity index (χ4v) is 2.23. The SMILES string of the molecule is O=COc1ccc(NCc2c(F)c(F)c(C(F)(F)F)c(F)c2F)cc1C(=O)O. The first-order chi connectivity index (χ1) is 13.0. The molecular weight excluding hydrogens is 403 g/mol. The van der Waals surface area contributed by atoms with Crippen molar-refractivity contribution in [2.45, 2.75) is 12.7 Å². The van der Waals surface area contributed by atoms with Crippen LogP contribution in [0.2, 0.25) is 0 Å². The van der Waals surface area contributed by atoms with Crippen molar-refractivity contribution in [3.8, 4) is 5.75 Å². The van der Waals surface area contributed by atoms with Crippen LogP contribution in [0.15, 0.2) is 18.2 Å². The third-order valence-electron chi connectivity index (χ3n) is 3.49. The van der Waals surface area contributed by atoms with Crippen molar-refractivity contribution in [1.82, 2.24) is 0 Å². The summed E-state index contributed by atoms with van der Waals surface area (Å²) in [4.78, 5) is 21.4. The van der Waals surface area contributed by atoms with Gasteiger partial charge in [-0.25, -0.2) is 22.4 Å². The summed E-state index contributed by atoms with van der Waals surface area (Å²) in [6, 6.07) is 2.96. The Hall–Kier alpha value is -3.31. The van der Waals surface area contributed by atoms with E-state index in [-0.39, 0.29) is 17.9 Å². The Kier molecular flexibility index (Phi) is 5.81. The standard InChI is InChI=1S/C16H8F7NO4/c17-11-8(12(18)14(20)10(13(11)19)16(21,22)23)4-24-6-1-2-9(28-5-25)7(3-6)15(26)27/h1-3,5,24H,4H2,(H,26,27). The van der Waals surface area contributed by atoms with E-state index in [1.54, 1.807) is 0 Å². The summed E-state index contributed by atoms with van der Waals surface area (Å²) in [6.45, 7) is -1.07. The Balaban J connectivity index is 2.39. The summed E-state index contributed by atoms with van der Waals surface area (Å²) in [5.74, 6) is -11.6. The van der Waals surface area contributed by atoms with Crippen molar-refractivity contribution in [1.29, 1.82) is 0 Å². The van der Waals surface area contributed by atoms with Gasteiger partial charge in [0.15, 0.2) is 23.3 Å². The highest BCUT2D eigenvalue weighted by atomic mass is 19.4. The molecule has 0 atom stereocenters. The maximum Gasteiger partial charge on any atom is 0.422 e. The number of hydrogen-bond donors (Lipinski definition) is 2. The predicted octanol–water partition coefficient (Wildman–Crippen LogP) is 4.11. The lowest BCUT2D eigenvalue weighted by Gasteiger charge is -2.15. The van der Waals surface area contributed by atoms with Gasteiger partial charge in [0.05, 0.1) is 0 Å². The summed E-state index contributed by atoms with van der Waals surface area (Å²) in [5.41, 5.74) is -4.75. The second-order valence-corrected chi connectivity index (χ2v) is 5.19. The molecule has 0 fully saturated rings. The topological polar surface area (TPSA) is 75.6 Å². The molecule has 150 valence electrons. The van der Waals surface area contributed by atoms with Gasteiger partial charge in [-0.3, -0.25) is 4.79 Å². The van der Waals surface area contributed by atoms with Crippen LogP contribution in [0.4, 0.5) is 36.4 Å². The van der Waals surface area contributed by atoms with E-state index in [0.29, 0.717) is 0 Å². The van der Waals surface area contributed by atoms with Crippen LogP contribution in [-0.2, 0) is 17.5 Å².